The normalized spacial score (nSPS) is 62.6. The van der Waals surface area contributed by atoms with Crippen LogP contribution in [0.2, 0.25) is 0 Å². The van der Waals surface area contributed by atoms with Gasteiger partial charge in [0.25, 0.3) is 0 Å². The Morgan fingerprint density at radius 1 is 0.455 bits per heavy atom. The molecule has 8 saturated carbocycles. The first-order chi connectivity index (χ1) is 10.7. The maximum absolute atomic E-state index is 3.47. The summed E-state index contributed by atoms with van der Waals surface area (Å²) in [4.78, 5) is 0. The fourth-order valence-corrected chi connectivity index (χ4v) is 10.7. The van der Waals surface area contributed by atoms with Crippen LogP contribution in [0.15, 0.2) is 0 Å². The predicted molar refractivity (Wildman–Crippen MR) is 94.6 cm³/mol. The van der Waals surface area contributed by atoms with Crippen molar-refractivity contribution in [2.75, 3.05) is 0 Å². The second-order valence-electron chi connectivity index (χ2n) is 10.6. The first-order valence-corrected chi connectivity index (χ1v) is 11.2. The molecule has 0 nitrogen and oxygen atoms in total. The van der Waals surface area contributed by atoms with Crippen LogP contribution >= 0.6 is 9.24 Å². The molecule has 1 heteroatoms. The van der Waals surface area contributed by atoms with E-state index in [9.17, 15) is 0 Å². The van der Waals surface area contributed by atoms with Gasteiger partial charge in [-0.25, -0.2) is 0 Å². The molecule has 0 N–H and O–H groups in total. The average Bonchev–Trinajstić information content (AvgIpc) is 2.44. The van der Waals surface area contributed by atoms with E-state index in [1.807, 2.05) is 0 Å². The van der Waals surface area contributed by atoms with Gasteiger partial charge in [0, 0.05) is 0 Å². The molecule has 0 aromatic carbocycles. The minimum atomic E-state index is 0.991. The molecule has 8 aliphatic rings. The van der Waals surface area contributed by atoms with Gasteiger partial charge in [-0.15, -0.1) is 9.24 Å². The summed E-state index contributed by atoms with van der Waals surface area (Å²) in [7, 11) is 3.47. The molecule has 0 radical (unpaired) electrons. The van der Waals surface area contributed by atoms with Crippen LogP contribution in [0.3, 0.4) is 0 Å². The molecule has 8 fully saturated rings. The van der Waals surface area contributed by atoms with E-state index in [-0.39, 0.29) is 0 Å². The van der Waals surface area contributed by atoms with E-state index < -0.39 is 0 Å². The van der Waals surface area contributed by atoms with Crippen molar-refractivity contribution in [3.8, 4) is 0 Å². The molecule has 122 valence electrons. The number of hydrogen-bond donors (Lipinski definition) is 0. The Morgan fingerprint density at radius 2 is 0.727 bits per heavy atom. The zero-order valence-corrected chi connectivity index (χ0v) is 15.2. The SMILES string of the molecule is PC(C1C2CC3CC(C2)CC1C3)C1C2CC3CC(C2)CC1C3. The summed E-state index contributed by atoms with van der Waals surface area (Å²) in [5.74, 6) is 11.4. The van der Waals surface area contributed by atoms with Crippen LogP contribution in [-0.2, 0) is 0 Å². The molecule has 0 aromatic rings. The summed E-state index contributed by atoms with van der Waals surface area (Å²) >= 11 is 0. The molecule has 22 heavy (non-hydrogen) atoms. The van der Waals surface area contributed by atoms with Crippen LogP contribution in [0.25, 0.3) is 0 Å². The first-order valence-electron chi connectivity index (χ1n) is 10.5. The highest BCUT2D eigenvalue weighted by atomic mass is 31.0. The first kappa shape index (κ1) is 13.7. The van der Waals surface area contributed by atoms with Gasteiger partial charge in [-0.3, -0.25) is 0 Å². The van der Waals surface area contributed by atoms with Crippen molar-refractivity contribution in [3.05, 3.63) is 0 Å². The van der Waals surface area contributed by atoms with Crippen molar-refractivity contribution in [1.29, 1.82) is 0 Å². The van der Waals surface area contributed by atoms with E-state index >= 15 is 0 Å². The zero-order valence-electron chi connectivity index (χ0n) is 14.0. The fourth-order valence-electron chi connectivity index (χ4n) is 9.45. The van der Waals surface area contributed by atoms with Crippen LogP contribution in [-0.4, -0.2) is 5.66 Å². The maximum Gasteiger partial charge on any atom is -0.0197 e. The van der Waals surface area contributed by atoms with E-state index in [1.54, 1.807) is 64.2 Å². The monoisotopic (exact) mass is 316 g/mol. The van der Waals surface area contributed by atoms with Crippen molar-refractivity contribution in [3.63, 3.8) is 0 Å². The van der Waals surface area contributed by atoms with Crippen LogP contribution in [0.5, 0.6) is 0 Å². The van der Waals surface area contributed by atoms with E-state index in [4.69, 9.17) is 0 Å². The topological polar surface area (TPSA) is 0 Å². The van der Waals surface area contributed by atoms with Gasteiger partial charge in [-0.2, -0.15) is 0 Å². The molecular weight excluding hydrogens is 283 g/mol. The molecular formula is C21H33P. The second kappa shape index (κ2) is 4.74. The maximum atomic E-state index is 3.47. The van der Waals surface area contributed by atoms with Crippen molar-refractivity contribution in [2.45, 2.75) is 69.9 Å². The molecule has 0 spiro atoms. The Bertz CT molecular complexity index is 371. The van der Waals surface area contributed by atoms with Gasteiger partial charge in [-0.05, 0) is 129 Å². The van der Waals surface area contributed by atoms with Gasteiger partial charge in [0.15, 0.2) is 0 Å². The Labute approximate surface area is 138 Å². The molecule has 8 aliphatic carbocycles. The summed E-state index contributed by atoms with van der Waals surface area (Å²) in [6.45, 7) is 0. The van der Waals surface area contributed by atoms with Crippen LogP contribution in [0, 0.1) is 59.2 Å². The number of rotatable bonds is 2. The largest absolute Gasteiger partial charge is 0.134 e. The smallest absolute Gasteiger partial charge is 0.0197 e. The van der Waals surface area contributed by atoms with E-state index in [0.29, 0.717) is 0 Å². The van der Waals surface area contributed by atoms with Gasteiger partial charge in [0.05, 0.1) is 0 Å². The average molecular weight is 316 g/mol. The Morgan fingerprint density at radius 3 is 1.00 bits per heavy atom. The van der Waals surface area contributed by atoms with Gasteiger partial charge >= 0.3 is 0 Å². The van der Waals surface area contributed by atoms with Gasteiger partial charge in [0.2, 0.25) is 0 Å². The third-order valence-corrected chi connectivity index (χ3v) is 10.4. The third-order valence-electron chi connectivity index (χ3n) is 9.49. The Balaban J connectivity index is 1.28. The predicted octanol–water partition coefficient (Wildman–Crippen LogP) is 5.37. The Kier molecular flexibility index (Phi) is 2.95. The minimum Gasteiger partial charge on any atom is -0.134 e. The molecule has 0 heterocycles. The van der Waals surface area contributed by atoms with Crippen molar-refractivity contribution >= 4 is 9.24 Å². The summed E-state index contributed by atoms with van der Waals surface area (Å²) in [6.07, 6.45) is 16.2. The second-order valence-corrected chi connectivity index (χ2v) is 11.4. The third kappa shape index (κ3) is 1.86. The molecule has 1 unspecified atom stereocenters. The van der Waals surface area contributed by atoms with Crippen molar-refractivity contribution in [1.82, 2.24) is 0 Å². The van der Waals surface area contributed by atoms with Crippen molar-refractivity contribution in [2.24, 2.45) is 59.2 Å². The lowest BCUT2D eigenvalue weighted by Gasteiger charge is -2.61. The molecule has 0 saturated heterocycles. The quantitative estimate of drug-likeness (QED) is 0.600. The van der Waals surface area contributed by atoms with E-state index in [1.165, 1.54) is 0 Å². The highest BCUT2D eigenvalue weighted by Gasteiger charge is 2.55. The number of hydrogen-bond acceptors (Lipinski definition) is 0. The Hall–Kier alpha value is 0.430. The fraction of sp³-hybridized carbons (Fsp3) is 1.00. The lowest BCUT2D eigenvalue weighted by atomic mass is 9.46. The summed E-state index contributed by atoms with van der Waals surface area (Å²) < 4.78 is 0. The molecule has 1 atom stereocenters. The van der Waals surface area contributed by atoms with E-state index in [2.05, 4.69) is 9.24 Å². The van der Waals surface area contributed by atoms with Crippen LogP contribution < -0.4 is 0 Å². The van der Waals surface area contributed by atoms with Gasteiger partial charge in [-0.1, -0.05) is 0 Å². The minimum absolute atomic E-state index is 0.991. The van der Waals surface area contributed by atoms with Crippen LogP contribution in [0.4, 0.5) is 0 Å². The molecule has 0 aromatic heterocycles. The van der Waals surface area contributed by atoms with E-state index in [0.717, 1.165) is 64.8 Å². The van der Waals surface area contributed by atoms with Crippen molar-refractivity contribution < 1.29 is 0 Å². The molecule has 8 bridgehead atoms. The van der Waals surface area contributed by atoms with Crippen LogP contribution in [0.1, 0.15) is 64.2 Å². The summed E-state index contributed by atoms with van der Waals surface area (Å²) in [6, 6.07) is 0. The van der Waals surface area contributed by atoms with Gasteiger partial charge in [0.1, 0.15) is 0 Å². The zero-order chi connectivity index (χ0) is 14.4. The molecule has 8 rings (SSSR count). The lowest BCUT2D eigenvalue weighted by molar-refractivity contribution is -0.0831. The summed E-state index contributed by atoms with van der Waals surface area (Å²) in [5, 5.41) is 0. The lowest BCUT2D eigenvalue weighted by Crippen LogP contribution is -2.54. The standard InChI is InChI=1S/C21H33P/c22-21(19-15-3-11-1-12(5-15)6-16(19)4-11)20-17-7-13-2-14(9-17)10-18(20)8-13/h11-21H,1-10,22H2. The highest BCUT2D eigenvalue weighted by molar-refractivity contribution is 7.17. The highest BCUT2D eigenvalue weighted by Crippen LogP contribution is 2.64. The molecule has 0 amide bonds. The molecule has 0 aliphatic heterocycles. The summed E-state index contributed by atoms with van der Waals surface area (Å²) in [5.41, 5.74) is 0.991. The van der Waals surface area contributed by atoms with Gasteiger partial charge < -0.3 is 0 Å².